The molecule has 1 aromatic carbocycles. The van der Waals surface area contributed by atoms with Crippen molar-refractivity contribution in [3.05, 3.63) is 41.6 Å². The fourth-order valence-electron chi connectivity index (χ4n) is 2.57. The largest absolute Gasteiger partial charge is 0.330 e. The number of benzene rings is 1. The Bertz CT molecular complexity index is 556. The van der Waals surface area contributed by atoms with Crippen LogP contribution >= 0.6 is 0 Å². The molecule has 0 atom stereocenters. The Morgan fingerprint density at radius 1 is 1.29 bits per heavy atom. The Balaban J connectivity index is 2.08. The second kappa shape index (κ2) is 3.81. The van der Waals surface area contributed by atoms with Gasteiger partial charge in [0.25, 0.3) is 0 Å². The molecule has 0 amide bonds. The molecule has 2 heteroatoms. The predicted octanol–water partition coefficient (Wildman–Crippen LogP) is 2.82. The molecule has 88 valence electrons. The maximum Gasteiger partial charge on any atom is 0.0707 e. The first-order chi connectivity index (χ1) is 8.22. The number of nitrogens with zero attached hydrogens (tertiary/aromatic N) is 1. The van der Waals surface area contributed by atoms with Gasteiger partial charge in [0.05, 0.1) is 5.52 Å². The third-order valence-electron chi connectivity index (χ3n) is 3.89. The van der Waals surface area contributed by atoms with Crippen LogP contribution in [0.4, 0.5) is 0 Å². The maximum atomic E-state index is 5.88. The highest BCUT2D eigenvalue weighted by Gasteiger charge is 2.41. The lowest BCUT2D eigenvalue weighted by Gasteiger charge is -2.14. The van der Waals surface area contributed by atoms with Crippen molar-refractivity contribution in [2.24, 2.45) is 11.1 Å². The van der Waals surface area contributed by atoms with Crippen molar-refractivity contribution >= 4 is 10.9 Å². The minimum absolute atomic E-state index is 0.385. The van der Waals surface area contributed by atoms with Gasteiger partial charge in [-0.15, -0.1) is 0 Å². The van der Waals surface area contributed by atoms with E-state index in [-0.39, 0.29) is 0 Å². The minimum atomic E-state index is 0.385. The van der Waals surface area contributed by atoms with Gasteiger partial charge in [0.2, 0.25) is 0 Å². The van der Waals surface area contributed by atoms with Crippen LogP contribution in [-0.2, 0) is 6.42 Å². The van der Waals surface area contributed by atoms with Crippen LogP contribution in [-0.4, -0.2) is 11.5 Å². The first-order valence-corrected chi connectivity index (χ1v) is 6.28. The summed E-state index contributed by atoms with van der Waals surface area (Å²) >= 11 is 0. The lowest BCUT2D eigenvalue weighted by atomic mass is 9.94. The Morgan fingerprint density at radius 3 is 2.76 bits per heavy atom. The third-order valence-corrected chi connectivity index (χ3v) is 3.89. The van der Waals surface area contributed by atoms with E-state index in [1.54, 1.807) is 0 Å². The van der Waals surface area contributed by atoms with Gasteiger partial charge in [0.15, 0.2) is 0 Å². The quantitative estimate of drug-likeness (QED) is 0.874. The van der Waals surface area contributed by atoms with E-state index in [0.717, 1.165) is 24.2 Å². The van der Waals surface area contributed by atoms with Crippen molar-refractivity contribution in [2.45, 2.75) is 26.2 Å². The van der Waals surface area contributed by atoms with E-state index in [0.29, 0.717) is 5.41 Å². The zero-order valence-electron chi connectivity index (χ0n) is 10.2. The van der Waals surface area contributed by atoms with E-state index in [1.807, 2.05) is 6.07 Å². The monoisotopic (exact) mass is 226 g/mol. The van der Waals surface area contributed by atoms with Gasteiger partial charge < -0.3 is 5.73 Å². The summed E-state index contributed by atoms with van der Waals surface area (Å²) in [6.45, 7) is 2.88. The molecule has 0 unspecified atom stereocenters. The van der Waals surface area contributed by atoms with Gasteiger partial charge in [-0.1, -0.05) is 18.2 Å². The van der Waals surface area contributed by atoms with Crippen LogP contribution in [0.3, 0.4) is 0 Å². The Morgan fingerprint density at radius 2 is 2.06 bits per heavy atom. The van der Waals surface area contributed by atoms with Crippen molar-refractivity contribution < 1.29 is 0 Å². The van der Waals surface area contributed by atoms with Crippen LogP contribution in [0.2, 0.25) is 0 Å². The molecule has 0 aliphatic heterocycles. The fraction of sp³-hybridized carbons (Fsp3) is 0.400. The first-order valence-electron chi connectivity index (χ1n) is 6.28. The van der Waals surface area contributed by atoms with E-state index < -0.39 is 0 Å². The lowest BCUT2D eigenvalue weighted by Crippen LogP contribution is -2.18. The number of hydrogen-bond acceptors (Lipinski definition) is 2. The lowest BCUT2D eigenvalue weighted by molar-refractivity contribution is 0.523. The highest BCUT2D eigenvalue weighted by Crippen LogP contribution is 2.48. The molecule has 1 aliphatic rings. The SMILES string of the molecule is Cc1cc(CC2(CN)CC2)c2ccccc2n1. The van der Waals surface area contributed by atoms with Gasteiger partial charge in [-0.3, -0.25) is 4.98 Å². The van der Waals surface area contributed by atoms with Gasteiger partial charge in [-0.05, 0) is 55.8 Å². The Hall–Kier alpha value is -1.41. The number of pyridine rings is 1. The molecule has 1 aliphatic carbocycles. The average Bonchev–Trinajstić information content (AvgIpc) is 3.09. The van der Waals surface area contributed by atoms with Crippen LogP contribution in [0.15, 0.2) is 30.3 Å². The van der Waals surface area contributed by atoms with Gasteiger partial charge in [-0.2, -0.15) is 0 Å². The summed E-state index contributed by atoms with van der Waals surface area (Å²) in [6, 6.07) is 10.6. The molecule has 0 spiro atoms. The summed E-state index contributed by atoms with van der Waals surface area (Å²) in [6.07, 6.45) is 3.66. The first kappa shape index (κ1) is 10.7. The van der Waals surface area contributed by atoms with Crippen LogP contribution in [0.1, 0.15) is 24.1 Å². The number of aromatic nitrogens is 1. The van der Waals surface area contributed by atoms with E-state index in [4.69, 9.17) is 5.73 Å². The molecule has 2 nitrogen and oxygen atoms in total. The standard InChI is InChI=1S/C15H18N2/c1-11-8-12(9-15(10-16)6-7-15)13-4-2-3-5-14(13)17-11/h2-5,8H,6-7,9-10,16H2,1H3. The molecule has 0 radical (unpaired) electrons. The summed E-state index contributed by atoms with van der Waals surface area (Å²) in [5, 5.41) is 1.29. The molecule has 1 heterocycles. The summed E-state index contributed by atoms with van der Waals surface area (Å²) < 4.78 is 0. The summed E-state index contributed by atoms with van der Waals surface area (Å²) in [5.41, 5.74) is 9.89. The normalized spacial score (nSPS) is 17.3. The number of para-hydroxylation sites is 1. The van der Waals surface area contributed by atoms with Crippen LogP contribution < -0.4 is 5.73 Å². The summed E-state index contributed by atoms with van der Waals surface area (Å²) in [4.78, 5) is 4.58. The zero-order valence-corrected chi connectivity index (χ0v) is 10.2. The summed E-state index contributed by atoms with van der Waals surface area (Å²) in [7, 11) is 0. The van der Waals surface area contributed by atoms with Crippen LogP contribution in [0.5, 0.6) is 0 Å². The zero-order chi connectivity index (χ0) is 11.9. The number of fused-ring (bicyclic) bond motifs is 1. The van der Waals surface area contributed by atoms with Crippen LogP contribution in [0, 0.1) is 12.3 Å². The molecular weight excluding hydrogens is 208 g/mol. The Labute approximate surface area is 102 Å². The average molecular weight is 226 g/mol. The van der Waals surface area contributed by atoms with Gasteiger partial charge in [0, 0.05) is 11.1 Å². The molecule has 3 rings (SSSR count). The number of nitrogens with two attached hydrogens (primary N) is 1. The third kappa shape index (κ3) is 1.93. The molecule has 0 saturated heterocycles. The molecule has 2 N–H and O–H groups in total. The van der Waals surface area contributed by atoms with Crippen LogP contribution in [0.25, 0.3) is 10.9 Å². The van der Waals surface area contributed by atoms with Gasteiger partial charge in [0.1, 0.15) is 0 Å². The highest BCUT2D eigenvalue weighted by molar-refractivity contribution is 5.82. The second-order valence-corrected chi connectivity index (χ2v) is 5.32. The van der Waals surface area contributed by atoms with Crippen molar-refractivity contribution in [3.8, 4) is 0 Å². The fourth-order valence-corrected chi connectivity index (χ4v) is 2.57. The topological polar surface area (TPSA) is 38.9 Å². The molecule has 17 heavy (non-hydrogen) atoms. The molecule has 1 aromatic heterocycles. The predicted molar refractivity (Wildman–Crippen MR) is 70.9 cm³/mol. The smallest absolute Gasteiger partial charge is 0.0707 e. The summed E-state index contributed by atoms with van der Waals surface area (Å²) in [5.74, 6) is 0. The second-order valence-electron chi connectivity index (χ2n) is 5.32. The molecular formula is C15H18N2. The van der Waals surface area contributed by atoms with Crippen molar-refractivity contribution in [1.82, 2.24) is 4.98 Å². The van der Waals surface area contributed by atoms with Crippen molar-refractivity contribution in [1.29, 1.82) is 0 Å². The van der Waals surface area contributed by atoms with Gasteiger partial charge >= 0.3 is 0 Å². The molecule has 1 fully saturated rings. The van der Waals surface area contributed by atoms with Gasteiger partial charge in [-0.25, -0.2) is 0 Å². The Kier molecular flexibility index (Phi) is 2.40. The minimum Gasteiger partial charge on any atom is -0.330 e. The molecule has 2 aromatic rings. The van der Waals surface area contributed by atoms with E-state index >= 15 is 0 Å². The van der Waals surface area contributed by atoms with E-state index in [9.17, 15) is 0 Å². The number of rotatable bonds is 3. The highest BCUT2D eigenvalue weighted by atomic mass is 14.7. The van der Waals surface area contributed by atoms with Crippen molar-refractivity contribution in [3.63, 3.8) is 0 Å². The van der Waals surface area contributed by atoms with Crippen molar-refractivity contribution in [2.75, 3.05) is 6.54 Å². The number of hydrogen-bond donors (Lipinski definition) is 1. The number of aryl methyl sites for hydroxylation is 1. The molecule has 1 saturated carbocycles. The van der Waals surface area contributed by atoms with E-state index in [1.165, 1.54) is 23.8 Å². The van der Waals surface area contributed by atoms with E-state index in [2.05, 4.69) is 36.2 Å². The molecule has 0 bridgehead atoms. The maximum absolute atomic E-state index is 5.88.